The molecule has 0 aromatic heterocycles. The van der Waals surface area contributed by atoms with E-state index in [0.29, 0.717) is 0 Å². The summed E-state index contributed by atoms with van der Waals surface area (Å²) in [5.41, 5.74) is 0. The molecular formula is C4H16O3Si3. The smallest absolute Gasteiger partial charge is 0.422 e. The molecule has 0 spiro atoms. The predicted molar refractivity (Wildman–Crippen MR) is 49.6 cm³/mol. The molecule has 0 fully saturated rings. The highest BCUT2D eigenvalue weighted by molar-refractivity contribution is 6.68. The average Bonchev–Trinajstić information content (AvgIpc) is 1.89. The summed E-state index contributed by atoms with van der Waals surface area (Å²) in [5, 5.41) is 0. The molecule has 0 saturated carbocycles. The second-order valence-electron chi connectivity index (χ2n) is 1.93. The minimum Gasteiger partial charge on any atom is -0.422 e. The second kappa shape index (κ2) is 5.22. The van der Waals surface area contributed by atoms with Gasteiger partial charge >= 0.3 is 8.80 Å². The Balaban J connectivity index is 3.69. The number of hydrogen-bond acceptors (Lipinski definition) is 3. The zero-order chi connectivity index (χ0) is 8.04. The van der Waals surface area contributed by atoms with Gasteiger partial charge in [-0.05, 0) is 0 Å². The van der Waals surface area contributed by atoms with Gasteiger partial charge in [0.25, 0.3) is 0 Å². The fraction of sp³-hybridized carbons (Fsp3) is 1.00. The summed E-state index contributed by atoms with van der Waals surface area (Å²) in [6.07, 6.45) is 0. The molecule has 0 heterocycles. The van der Waals surface area contributed by atoms with Crippen LogP contribution in [0.1, 0.15) is 0 Å². The van der Waals surface area contributed by atoms with Crippen LogP contribution in [0.3, 0.4) is 0 Å². The van der Waals surface area contributed by atoms with E-state index < -0.39 is 8.80 Å². The lowest BCUT2D eigenvalue weighted by atomic mass is 11.8. The van der Waals surface area contributed by atoms with Crippen LogP contribution in [0.5, 0.6) is 0 Å². The Hall–Kier alpha value is 0.531. The molecule has 0 atom stereocenters. The summed E-state index contributed by atoms with van der Waals surface area (Å²) in [4.78, 5) is 0. The van der Waals surface area contributed by atoms with Crippen molar-refractivity contribution in [2.75, 3.05) is 7.11 Å². The van der Waals surface area contributed by atoms with E-state index in [1.165, 1.54) is 0 Å². The summed E-state index contributed by atoms with van der Waals surface area (Å²) in [5.74, 6) is 0. The Kier molecular flexibility index (Phi) is 5.49. The van der Waals surface area contributed by atoms with Gasteiger partial charge in [-0.1, -0.05) is 13.1 Å². The molecule has 0 N–H and O–H groups in total. The Bertz CT molecular complexity index is 83.8. The van der Waals surface area contributed by atoms with Crippen molar-refractivity contribution in [3.8, 4) is 0 Å². The molecule has 62 valence electrons. The minimum atomic E-state index is -2.10. The van der Waals surface area contributed by atoms with Gasteiger partial charge < -0.3 is 12.7 Å². The van der Waals surface area contributed by atoms with Crippen molar-refractivity contribution in [1.82, 2.24) is 0 Å². The van der Waals surface area contributed by atoms with Crippen LogP contribution in [0.15, 0.2) is 0 Å². The first-order valence-electron chi connectivity index (χ1n) is 3.51. The molecule has 3 nitrogen and oxygen atoms in total. The van der Waals surface area contributed by atoms with Gasteiger partial charge in [-0.15, -0.1) is 0 Å². The SMILES string of the molecule is CO[Si](C)(O[SiH2]C)O[SiH2]C. The van der Waals surface area contributed by atoms with Crippen LogP contribution in [0, 0.1) is 0 Å². The summed E-state index contributed by atoms with van der Waals surface area (Å²) in [7, 11) is -1.21. The molecule has 6 heteroatoms. The van der Waals surface area contributed by atoms with Crippen LogP contribution in [0.2, 0.25) is 19.6 Å². The molecular weight excluding hydrogens is 180 g/mol. The third kappa shape index (κ3) is 3.64. The van der Waals surface area contributed by atoms with Gasteiger partial charge in [0.15, 0.2) is 0 Å². The van der Waals surface area contributed by atoms with E-state index in [1.54, 1.807) is 7.11 Å². The maximum Gasteiger partial charge on any atom is 0.475 e. The van der Waals surface area contributed by atoms with Gasteiger partial charge in [0.05, 0.1) is 0 Å². The monoisotopic (exact) mass is 196 g/mol. The van der Waals surface area contributed by atoms with Crippen LogP contribution in [0.25, 0.3) is 0 Å². The van der Waals surface area contributed by atoms with Crippen molar-refractivity contribution in [2.45, 2.75) is 19.6 Å². The molecule has 0 saturated heterocycles. The molecule has 0 aromatic rings. The summed E-state index contributed by atoms with van der Waals surface area (Å²) in [6, 6.07) is 0. The predicted octanol–water partition coefficient (Wildman–Crippen LogP) is -0.502. The van der Waals surface area contributed by atoms with E-state index >= 15 is 0 Å². The molecule has 0 aliphatic carbocycles. The Morgan fingerprint density at radius 1 is 1.10 bits per heavy atom. The van der Waals surface area contributed by atoms with E-state index in [4.69, 9.17) is 12.7 Å². The zero-order valence-electron chi connectivity index (χ0n) is 7.14. The highest BCUT2D eigenvalue weighted by Gasteiger charge is 2.30. The summed E-state index contributed by atoms with van der Waals surface area (Å²) < 4.78 is 16.2. The normalized spacial score (nSPS) is 19.2. The van der Waals surface area contributed by atoms with E-state index in [1.807, 2.05) is 6.55 Å². The molecule has 0 amide bonds. The summed E-state index contributed by atoms with van der Waals surface area (Å²) >= 11 is 0. The van der Waals surface area contributed by atoms with Crippen molar-refractivity contribution in [3.63, 3.8) is 0 Å². The number of hydrogen-bond donors (Lipinski definition) is 0. The fourth-order valence-corrected chi connectivity index (χ4v) is 6.91. The molecule has 0 bridgehead atoms. The molecule has 0 aliphatic rings. The summed E-state index contributed by atoms with van der Waals surface area (Å²) in [6.45, 7) is 6.13. The first-order valence-corrected chi connectivity index (χ1v) is 9.72. The van der Waals surface area contributed by atoms with E-state index in [2.05, 4.69) is 13.1 Å². The standard InChI is InChI=1S/C4H16O3Si3/c1-5-10(4,6-8-2)7-9-3/h8-9H2,1-4H3. The topological polar surface area (TPSA) is 27.7 Å². The lowest BCUT2D eigenvalue weighted by Gasteiger charge is -2.23. The molecule has 0 aromatic carbocycles. The highest BCUT2D eigenvalue weighted by Crippen LogP contribution is 2.04. The van der Waals surface area contributed by atoms with Crippen molar-refractivity contribution < 1.29 is 12.7 Å². The third-order valence-corrected chi connectivity index (χ3v) is 8.43. The van der Waals surface area contributed by atoms with Gasteiger partial charge in [-0.25, -0.2) is 0 Å². The van der Waals surface area contributed by atoms with Crippen molar-refractivity contribution in [2.24, 2.45) is 0 Å². The molecule has 10 heavy (non-hydrogen) atoms. The second-order valence-corrected chi connectivity index (χ2v) is 7.53. The van der Waals surface area contributed by atoms with Gasteiger partial charge in [0.2, 0.25) is 0 Å². The van der Waals surface area contributed by atoms with Gasteiger partial charge in [0.1, 0.15) is 19.5 Å². The van der Waals surface area contributed by atoms with Crippen LogP contribution < -0.4 is 0 Å². The minimum absolute atomic E-state index is 0.388. The largest absolute Gasteiger partial charge is 0.475 e. The fourth-order valence-electron chi connectivity index (χ4n) is 0.684. The Morgan fingerprint density at radius 3 is 1.70 bits per heavy atom. The van der Waals surface area contributed by atoms with Crippen molar-refractivity contribution >= 4 is 28.3 Å². The van der Waals surface area contributed by atoms with Crippen LogP contribution in [-0.4, -0.2) is 35.4 Å². The van der Waals surface area contributed by atoms with Crippen LogP contribution in [-0.2, 0) is 12.7 Å². The zero-order valence-corrected chi connectivity index (χ0v) is 11.0. The quantitative estimate of drug-likeness (QED) is 0.555. The maximum absolute atomic E-state index is 5.49. The first-order chi connectivity index (χ1) is 4.68. The van der Waals surface area contributed by atoms with Gasteiger partial charge in [-0.2, -0.15) is 0 Å². The Morgan fingerprint density at radius 2 is 1.50 bits per heavy atom. The van der Waals surface area contributed by atoms with Gasteiger partial charge in [-0.3, -0.25) is 0 Å². The highest BCUT2D eigenvalue weighted by atomic mass is 28.4. The maximum atomic E-state index is 5.49. The lowest BCUT2D eigenvalue weighted by molar-refractivity contribution is 0.223. The first kappa shape index (κ1) is 10.5. The van der Waals surface area contributed by atoms with E-state index in [0.717, 1.165) is 0 Å². The van der Waals surface area contributed by atoms with E-state index in [9.17, 15) is 0 Å². The molecule has 0 unspecified atom stereocenters. The molecule has 0 radical (unpaired) electrons. The lowest BCUT2D eigenvalue weighted by Crippen LogP contribution is -2.42. The van der Waals surface area contributed by atoms with Crippen LogP contribution in [0.4, 0.5) is 0 Å². The van der Waals surface area contributed by atoms with Crippen LogP contribution >= 0.6 is 0 Å². The van der Waals surface area contributed by atoms with Crippen molar-refractivity contribution in [3.05, 3.63) is 0 Å². The third-order valence-electron chi connectivity index (χ3n) is 1.18. The Labute approximate surface area is 68.3 Å². The molecule has 0 rings (SSSR count). The average molecular weight is 196 g/mol. The van der Waals surface area contributed by atoms with E-state index in [-0.39, 0.29) is 19.5 Å². The van der Waals surface area contributed by atoms with Gasteiger partial charge in [0, 0.05) is 13.7 Å². The molecule has 0 aliphatic heterocycles. The van der Waals surface area contributed by atoms with Crippen molar-refractivity contribution in [1.29, 1.82) is 0 Å². The number of rotatable bonds is 5.